The summed E-state index contributed by atoms with van der Waals surface area (Å²) in [6.45, 7) is 2.23. The minimum Gasteiger partial charge on any atom is -0.454 e. The maximum Gasteiger partial charge on any atom is 0.231 e. The first-order valence-electron chi connectivity index (χ1n) is 4.89. The summed E-state index contributed by atoms with van der Waals surface area (Å²) in [5.41, 5.74) is 1.73. The molecule has 0 amide bonds. The second kappa shape index (κ2) is 4.17. The number of carbonyl (C=O) groups excluding carboxylic acids is 1. The summed E-state index contributed by atoms with van der Waals surface area (Å²) in [7, 11) is 0. The predicted molar refractivity (Wildman–Crippen MR) is 56.9 cm³/mol. The molecule has 3 nitrogen and oxygen atoms in total. The molecule has 0 aromatic heterocycles. The Morgan fingerprint density at radius 3 is 2.93 bits per heavy atom. The van der Waals surface area contributed by atoms with Gasteiger partial charge in [0.05, 0.1) is 0 Å². The molecule has 0 aliphatic carbocycles. The maximum absolute atomic E-state index is 10.6. The van der Waals surface area contributed by atoms with Gasteiger partial charge >= 0.3 is 0 Å². The van der Waals surface area contributed by atoms with Gasteiger partial charge in [0, 0.05) is 0 Å². The second-order valence-electron chi connectivity index (χ2n) is 3.30. The monoisotopic (exact) mass is 204 g/mol. The van der Waals surface area contributed by atoms with Gasteiger partial charge in [-0.05, 0) is 35.8 Å². The van der Waals surface area contributed by atoms with Crippen LogP contribution < -0.4 is 9.47 Å². The highest BCUT2D eigenvalue weighted by molar-refractivity contribution is 5.81. The van der Waals surface area contributed by atoms with E-state index in [0.29, 0.717) is 0 Å². The maximum atomic E-state index is 10.6. The Kier molecular flexibility index (Phi) is 2.72. The van der Waals surface area contributed by atoms with Crippen LogP contribution in [0.15, 0.2) is 23.8 Å². The molecule has 3 heteroatoms. The molecule has 1 heterocycles. The van der Waals surface area contributed by atoms with Gasteiger partial charge in [-0.2, -0.15) is 0 Å². The molecule has 0 unspecified atom stereocenters. The Balaban J connectivity index is 2.30. The third kappa shape index (κ3) is 2.01. The normalized spacial score (nSPS) is 14.1. The van der Waals surface area contributed by atoms with Crippen molar-refractivity contribution < 1.29 is 14.3 Å². The van der Waals surface area contributed by atoms with Crippen LogP contribution in [-0.4, -0.2) is 13.1 Å². The molecular formula is C12H12O3. The standard InChI is InChI=1S/C12H12O3/c1-2-9(7-13)5-10-3-4-11-12(6-10)15-8-14-11/h3-7H,2,8H2,1H3/b9-5+. The van der Waals surface area contributed by atoms with Crippen molar-refractivity contribution in [2.45, 2.75) is 13.3 Å². The zero-order chi connectivity index (χ0) is 10.7. The van der Waals surface area contributed by atoms with Gasteiger partial charge in [-0.1, -0.05) is 13.0 Å². The van der Waals surface area contributed by atoms with Crippen LogP contribution >= 0.6 is 0 Å². The number of allylic oxidation sites excluding steroid dienone is 1. The zero-order valence-corrected chi connectivity index (χ0v) is 8.53. The first-order chi connectivity index (χ1) is 7.33. The van der Waals surface area contributed by atoms with E-state index >= 15 is 0 Å². The summed E-state index contributed by atoms with van der Waals surface area (Å²) in [5.74, 6) is 1.50. The van der Waals surface area contributed by atoms with Gasteiger partial charge < -0.3 is 9.47 Å². The zero-order valence-electron chi connectivity index (χ0n) is 8.53. The van der Waals surface area contributed by atoms with Gasteiger partial charge in [0.25, 0.3) is 0 Å². The first-order valence-corrected chi connectivity index (χ1v) is 4.89. The molecule has 0 atom stereocenters. The van der Waals surface area contributed by atoms with Crippen LogP contribution in [0.25, 0.3) is 6.08 Å². The van der Waals surface area contributed by atoms with Crippen molar-refractivity contribution in [1.29, 1.82) is 0 Å². The topological polar surface area (TPSA) is 35.5 Å². The molecule has 0 spiro atoms. The number of hydrogen-bond acceptors (Lipinski definition) is 3. The minimum absolute atomic E-state index is 0.275. The molecule has 15 heavy (non-hydrogen) atoms. The Morgan fingerprint density at radius 1 is 1.40 bits per heavy atom. The number of carbonyl (C=O) groups is 1. The average molecular weight is 204 g/mol. The smallest absolute Gasteiger partial charge is 0.231 e. The van der Waals surface area contributed by atoms with E-state index in [0.717, 1.165) is 35.3 Å². The molecule has 0 bridgehead atoms. The van der Waals surface area contributed by atoms with Crippen LogP contribution in [0.2, 0.25) is 0 Å². The first kappa shape index (κ1) is 9.77. The van der Waals surface area contributed by atoms with E-state index in [9.17, 15) is 4.79 Å². The predicted octanol–water partition coefficient (Wildman–Crippen LogP) is 2.41. The number of benzene rings is 1. The van der Waals surface area contributed by atoms with Gasteiger partial charge in [-0.3, -0.25) is 4.79 Å². The molecule has 78 valence electrons. The summed E-state index contributed by atoms with van der Waals surface area (Å²) >= 11 is 0. The summed E-state index contributed by atoms with van der Waals surface area (Å²) < 4.78 is 10.4. The lowest BCUT2D eigenvalue weighted by molar-refractivity contribution is -0.104. The number of aldehydes is 1. The van der Waals surface area contributed by atoms with Crippen LogP contribution in [-0.2, 0) is 4.79 Å². The van der Waals surface area contributed by atoms with Gasteiger partial charge in [-0.15, -0.1) is 0 Å². The van der Waals surface area contributed by atoms with Crippen molar-refractivity contribution in [3.8, 4) is 11.5 Å². The molecule has 0 saturated heterocycles. The molecule has 2 rings (SSSR count). The van der Waals surface area contributed by atoms with Crippen molar-refractivity contribution in [3.05, 3.63) is 29.3 Å². The van der Waals surface area contributed by atoms with Crippen molar-refractivity contribution in [2.75, 3.05) is 6.79 Å². The molecule has 1 aromatic rings. The van der Waals surface area contributed by atoms with E-state index in [1.807, 2.05) is 31.2 Å². The summed E-state index contributed by atoms with van der Waals surface area (Å²) in [6, 6.07) is 5.64. The Labute approximate surface area is 88.3 Å². The number of hydrogen-bond donors (Lipinski definition) is 0. The third-order valence-electron chi connectivity index (χ3n) is 2.31. The molecule has 1 aliphatic rings. The van der Waals surface area contributed by atoms with Crippen LogP contribution in [0.4, 0.5) is 0 Å². The number of rotatable bonds is 3. The molecular weight excluding hydrogens is 192 g/mol. The van der Waals surface area contributed by atoms with E-state index in [4.69, 9.17) is 9.47 Å². The highest BCUT2D eigenvalue weighted by Crippen LogP contribution is 2.33. The third-order valence-corrected chi connectivity index (χ3v) is 2.31. The SMILES string of the molecule is CC/C(C=O)=C\c1ccc2c(c1)OCO2. The minimum atomic E-state index is 0.275. The molecule has 0 saturated carbocycles. The van der Waals surface area contributed by atoms with E-state index in [-0.39, 0.29) is 6.79 Å². The fourth-order valence-electron chi connectivity index (χ4n) is 1.44. The van der Waals surface area contributed by atoms with E-state index in [1.54, 1.807) is 0 Å². The molecule has 0 radical (unpaired) electrons. The molecule has 0 N–H and O–H groups in total. The Morgan fingerprint density at radius 2 is 2.20 bits per heavy atom. The lowest BCUT2D eigenvalue weighted by Crippen LogP contribution is -1.92. The van der Waals surface area contributed by atoms with E-state index in [1.165, 1.54) is 0 Å². The van der Waals surface area contributed by atoms with Crippen LogP contribution in [0, 0.1) is 0 Å². The summed E-state index contributed by atoms with van der Waals surface area (Å²) in [6.07, 6.45) is 3.47. The van der Waals surface area contributed by atoms with Crippen LogP contribution in [0.5, 0.6) is 11.5 Å². The van der Waals surface area contributed by atoms with Gasteiger partial charge in [-0.25, -0.2) is 0 Å². The van der Waals surface area contributed by atoms with Crippen molar-refractivity contribution >= 4 is 12.4 Å². The Bertz CT molecular complexity index is 407. The lowest BCUT2D eigenvalue weighted by Gasteiger charge is -1.99. The number of ether oxygens (including phenoxy) is 2. The highest BCUT2D eigenvalue weighted by Gasteiger charge is 2.12. The van der Waals surface area contributed by atoms with Crippen LogP contribution in [0.1, 0.15) is 18.9 Å². The molecule has 1 aliphatic heterocycles. The fourth-order valence-corrected chi connectivity index (χ4v) is 1.44. The van der Waals surface area contributed by atoms with Crippen LogP contribution in [0.3, 0.4) is 0 Å². The number of fused-ring (bicyclic) bond motifs is 1. The lowest BCUT2D eigenvalue weighted by atomic mass is 10.1. The van der Waals surface area contributed by atoms with Crippen molar-refractivity contribution in [2.24, 2.45) is 0 Å². The quantitative estimate of drug-likeness (QED) is 0.560. The average Bonchev–Trinajstić information content (AvgIpc) is 2.73. The summed E-state index contributed by atoms with van der Waals surface area (Å²) in [4.78, 5) is 10.6. The highest BCUT2D eigenvalue weighted by atomic mass is 16.7. The van der Waals surface area contributed by atoms with Crippen molar-refractivity contribution in [1.82, 2.24) is 0 Å². The van der Waals surface area contributed by atoms with Gasteiger partial charge in [0.15, 0.2) is 11.5 Å². The van der Waals surface area contributed by atoms with E-state index in [2.05, 4.69) is 0 Å². The fraction of sp³-hybridized carbons (Fsp3) is 0.250. The van der Waals surface area contributed by atoms with Gasteiger partial charge in [0.1, 0.15) is 6.29 Å². The largest absolute Gasteiger partial charge is 0.454 e. The summed E-state index contributed by atoms with van der Waals surface area (Å²) in [5, 5.41) is 0. The van der Waals surface area contributed by atoms with Crippen molar-refractivity contribution in [3.63, 3.8) is 0 Å². The molecule has 0 fully saturated rings. The second-order valence-corrected chi connectivity index (χ2v) is 3.30. The Hall–Kier alpha value is -1.77. The molecule has 1 aromatic carbocycles. The van der Waals surface area contributed by atoms with Gasteiger partial charge in [0.2, 0.25) is 6.79 Å². The van der Waals surface area contributed by atoms with E-state index < -0.39 is 0 Å².